The molecular weight excluding hydrogens is 401 g/mol. The van der Waals surface area contributed by atoms with Gasteiger partial charge < -0.3 is 14.2 Å². The molecule has 1 saturated heterocycles. The first-order valence-corrected chi connectivity index (χ1v) is 10.6. The monoisotopic (exact) mass is 429 g/mol. The highest BCUT2D eigenvalue weighted by molar-refractivity contribution is 5.83. The van der Waals surface area contributed by atoms with Gasteiger partial charge in [-0.1, -0.05) is 13.8 Å². The van der Waals surface area contributed by atoms with Gasteiger partial charge in [0, 0.05) is 31.0 Å². The van der Waals surface area contributed by atoms with Crippen LogP contribution in [-0.4, -0.2) is 49.6 Å². The molecule has 1 fully saturated rings. The minimum Gasteiger partial charge on any atom is -0.444 e. The molecule has 3 aromatic rings. The fourth-order valence-corrected chi connectivity index (χ4v) is 3.84. The molecule has 0 spiro atoms. The maximum absolute atomic E-state index is 13.9. The summed E-state index contributed by atoms with van der Waals surface area (Å²) >= 11 is 0. The molecule has 1 aromatic carbocycles. The number of likely N-dealkylation sites (tertiary alicyclic amines) is 1. The summed E-state index contributed by atoms with van der Waals surface area (Å²) in [5.41, 5.74) is 0.940. The van der Waals surface area contributed by atoms with E-state index in [4.69, 9.17) is 9.26 Å². The number of hydrogen-bond acceptors (Lipinski definition) is 6. The number of nitrogens with zero attached hydrogens (tertiary/aromatic N) is 5. The normalized spacial score (nSPS) is 17.1. The van der Waals surface area contributed by atoms with Crippen LogP contribution >= 0.6 is 0 Å². The van der Waals surface area contributed by atoms with E-state index in [0.717, 1.165) is 17.5 Å². The van der Waals surface area contributed by atoms with Gasteiger partial charge in [-0.3, -0.25) is 0 Å². The average Bonchev–Trinajstić information content (AvgIpc) is 3.38. The van der Waals surface area contributed by atoms with Crippen LogP contribution in [0.1, 0.15) is 58.5 Å². The Hall–Kier alpha value is -2.97. The summed E-state index contributed by atoms with van der Waals surface area (Å²) in [6.45, 7) is 10.9. The standard InChI is InChI=1S/C22H28FN5O3/c1-13(2)19-16-7-6-15(23)11-17(16)28(25-19)20-24-18(31-26-20)10-14-8-9-27(12-14)21(29)30-22(3,4)5/h6-7,11,13-14H,8-10,12H2,1-5H3/t14-/m0/s1. The molecule has 3 heterocycles. The number of fused-ring (bicyclic) bond motifs is 1. The van der Waals surface area contributed by atoms with Crippen molar-refractivity contribution in [3.05, 3.63) is 35.6 Å². The second-order valence-electron chi connectivity index (χ2n) is 9.39. The van der Waals surface area contributed by atoms with Crippen LogP contribution < -0.4 is 0 Å². The highest BCUT2D eigenvalue weighted by atomic mass is 19.1. The van der Waals surface area contributed by atoms with Crippen molar-refractivity contribution in [1.82, 2.24) is 24.8 Å². The number of ether oxygens (including phenoxy) is 1. The predicted molar refractivity (Wildman–Crippen MR) is 113 cm³/mol. The number of benzene rings is 1. The molecule has 8 nitrogen and oxygen atoms in total. The molecule has 1 atom stereocenters. The molecular formula is C22H28FN5O3. The molecule has 0 saturated carbocycles. The van der Waals surface area contributed by atoms with E-state index in [1.54, 1.807) is 11.0 Å². The van der Waals surface area contributed by atoms with Gasteiger partial charge in [0.25, 0.3) is 5.95 Å². The van der Waals surface area contributed by atoms with Crippen molar-refractivity contribution >= 4 is 17.0 Å². The van der Waals surface area contributed by atoms with Crippen LogP contribution in [0.25, 0.3) is 16.9 Å². The van der Waals surface area contributed by atoms with Gasteiger partial charge in [0.1, 0.15) is 11.4 Å². The largest absolute Gasteiger partial charge is 0.444 e. The van der Waals surface area contributed by atoms with Gasteiger partial charge in [-0.15, -0.1) is 0 Å². The minimum absolute atomic E-state index is 0.165. The SMILES string of the molecule is CC(C)c1nn(-c2noc(C[C@@H]3CCN(C(=O)OC(C)(C)C)C3)n2)c2cc(F)ccc12. The molecule has 166 valence electrons. The first-order valence-electron chi connectivity index (χ1n) is 10.6. The lowest BCUT2D eigenvalue weighted by atomic mass is 10.1. The van der Waals surface area contributed by atoms with Crippen LogP contribution in [0.3, 0.4) is 0 Å². The van der Waals surface area contributed by atoms with Crippen molar-refractivity contribution in [2.75, 3.05) is 13.1 Å². The van der Waals surface area contributed by atoms with E-state index in [2.05, 4.69) is 15.2 Å². The summed E-state index contributed by atoms with van der Waals surface area (Å²) in [6, 6.07) is 4.59. The average molecular weight is 429 g/mol. The molecule has 1 amide bonds. The fourth-order valence-electron chi connectivity index (χ4n) is 3.84. The van der Waals surface area contributed by atoms with Crippen LogP contribution in [0.15, 0.2) is 22.7 Å². The topological polar surface area (TPSA) is 86.3 Å². The molecule has 0 bridgehead atoms. The van der Waals surface area contributed by atoms with Crippen molar-refractivity contribution in [2.24, 2.45) is 5.92 Å². The summed E-state index contributed by atoms with van der Waals surface area (Å²) in [6.07, 6.45) is 1.09. The summed E-state index contributed by atoms with van der Waals surface area (Å²) < 4.78 is 26.3. The third-order valence-electron chi connectivity index (χ3n) is 5.27. The van der Waals surface area contributed by atoms with Gasteiger partial charge in [0.05, 0.1) is 11.2 Å². The highest BCUT2D eigenvalue weighted by Gasteiger charge is 2.31. The van der Waals surface area contributed by atoms with Crippen molar-refractivity contribution in [2.45, 2.75) is 59.0 Å². The number of aromatic nitrogens is 4. The third-order valence-corrected chi connectivity index (χ3v) is 5.27. The van der Waals surface area contributed by atoms with Crippen LogP contribution in [0, 0.1) is 11.7 Å². The van der Waals surface area contributed by atoms with Gasteiger partial charge in [-0.2, -0.15) is 14.8 Å². The molecule has 9 heteroatoms. The van der Waals surface area contributed by atoms with Crippen LogP contribution in [0.5, 0.6) is 0 Å². The van der Waals surface area contributed by atoms with Crippen LogP contribution in [0.2, 0.25) is 0 Å². The molecule has 1 aliphatic rings. The molecule has 0 N–H and O–H groups in total. The zero-order valence-electron chi connectivity index (χ0n) is 18.6. The van der Waals surface area contributed by atoms with Gasteiger partial charge in [-0.25, -0.2) is 9.18 Å². The van der Waals surface area contributed by atoms with Crippen molar-refractivity contribution in [3.8, 4) is 5.95 Å². The lowest BCUT2D eigenvalue weighted by molar-refractivity contribution is 0.0287. The van der Waals surface area contributed by atoms with Crippen LogP contribution in [0.4, 0.5) is 9.18 Å². The number of amides is 1. The van der Waals surface area contributed by atoms with E-state index in [9.17, 15) is 9.18 Å². The Labute approximate surface area is 180 Å². The number of hydrogen-bond donors (Lipinski definition) is 0. The number of carbonyl (C=O) groups excluding carboxylic acids is 1. The smallest absolute Gasteiger partial charge is 0.410 e. The maximum Gasteiger partial charge on any atom is 0.410 e. The van der Waals surface area contributed by atoms with Crippen molar-refractivity contribution < 1.29 is 18.4 Å². The fraction of sp³-hybridized carbons (Fsp3) is 0.545. The quantitative estimate of drug-likeness (QED) is 0.608. The van der Waals surface area contributed by atoms with E-state index < -0.39 is 5.60 Å². The van der Waals surface area contributed by atoms with Crippen LogP contribution in [-0.2, 0) is 11.2 Å². The summed E-state index contributed by atoms with van der Waals surface area (Å²) in [4.78, 5) is 18.5. The Kier molecular flexibility index (Phi) is 5.45. The van der Waals surface area contributed by atoms with E-state index in [1.165, 1.54) is 16.8 Å². The summed E-state index contributed by atoms with van der Waals surface area (Å²) in [5.74, 6) is 0.773. The van der Waals surface area contributed by atoms with Crippen molar-refractivity contribution in [3.63, 3.8) is 0 Å². The second-order valence-corrected chi connectivity index (χ2v) is 9.39. The highest BCUT2D eigenvalue weighted by Crippen LogP contribution is 2.28. The van der Waals surface area contributed by atoms with Gasteiger partial charge in [0.15, 0.2) is 0 Å². The second kappa shape index (κ2) is 7.94. The number of rotatable bonds is 4. The first-order chi connectivity index (χ1) is 14.6. The Morgan fingerprint density at radius 3 is 2.84 bits per heavy atom. The summed E-state index contributed by atoms with van der Waals surface area (Å²) in [7, 11) is 0. The first kappa shape index (κ1) is 21.3. The van der Waals surface area contributed by atoms with E-state index in [0.29, 0.717) is 30.9 Å². The van der Waals surface area contributed by atoms with Crippen molar-refractivity contribution in [1.29, 1.82) is 0 Å². The molecule has 0 aliphatic carbocycles. The predicted octanol–water partition coefficient (Wildman–Crippen LogP) is 4.47. The van der Waals surface area contributed by atoms with E-state index in [-0.39, 0.29) is 29.7 Å². The van der Waals surface area contributed by atoms with E-state index >= 15 is 0 Å². The van der Waals surface area contributed by atoms with Gasteiger partial charge in [0.2, 0.25) is 5.89 Å². The zero-order chi connectivity index (χ0) is 22.3. The lowest BCUT2D eigenvalue weighted by Gasteiger charge is -2.24. The Morgan fingerprint density at radius 2 is 2.13 bits per heavy atom. The third kappa shape index (κ3) is 4.55. The van der Waals surface area contributed by atoms with Gasteiger partial charge >= 0.3 is 6.09 Å². The van der Waals surface area contributed by atoms with E-state index in [1.807, 2.05) is 34.6 Å². The molecule has 1 aliphatic heterocycles. The zero-order valence-corrected chi connectivity index (χ0v) is 18.6. The molecule has 0 radical (unpaired) electrons. The van der Waals surface area contributed by atoms with Gasteiger partial charge in [-0.05, 0) is 56.3 Å². The Bertz CT molecular complexity index is 1100. The Balaban J connectivity index is 1.50. The Morgan fingerprint density at radius 1 is 1.35 bits per heavy atom. The minimum atomic E-state index is -0.516. The molecule has 31 heavy (non-hydrogen) atoms. The maximum atomic E-state index is 13.9. The molecule has 4 rings (SSSR count). The molecule has 2 aromatic heterocycles. The molecule has 0 unspecified atom stereocenters. The number of halogens is 1. The summed E-state index contributed by atoms with van der Waals surface area (Å²) in [5, 5.41) is 9.55. The number of carbonyl (C=O) groups is 1. The lowest BCUT2D eigenvalue weighted by Crippen LogP contribution is -2.35.